The number of nitrogens with one attached hydrogen (secondary N) is 1. The quantitative estimate of drug-likeness (QED) is 0.285. The number of hydrogen-bond acceptors (Lipinski definition) is 10. The number of benzene rings is 2. The zero-order valence-corrected chi connectivity index (χ0v) is 24.7. The van der Waals surface area contributed by atoms with Gasteiger partial charge in [0, 0.05) is 38.0 Å². The van der Waals surface area contributed by atoms with Crippen LogP contribution in [0.25, 0.3) is 16.6 Å². The van der Waals surface area contributed by atoms with Crippen LogP contribution < -0.4 is 19.7 Å². The zero-order chi connectivity index (χ0) is 30.6. The van der Waals surface area contributed by atoms with Crippen molar-refractivity contribution < 1.29 is 23.4 Å². The first-order valence-electron chi connectivity index (χ1n) is 14.3. The van der Waals surface area contributed by atoms with Gasteiger partial charge in [-0.3, -0.25) is 0 Å². The number of rotatable bonds is 4. The highest BCUT2D eigenvalue weighted by Crippen LogP contribution is 2.43. The van der Waals surface area contributed by atoms with Crippen LogP contribution in [0.2, 0.25) is 0 Å². The molecule has 13 heteroatoms. The SMILES string of the molecule is Cc1cc(Nc2ncnc3ccc4c(c23)OC[C@H]2CN(C(=O)OC(C)(C)C)CCN42)c(F)cc1Oc1ccn2ncnc2c1. The summed E-state index contributed by atoms with van der Waals surface area (Å²) in [4.78, 5) is 29.7. The summed E-state index contributed by atoms with van der Waals surface area (Å²) in [5, 5.41) is 7.89. The van der Waals surface area contributed by atoms with E-state index in [9.17, 15) is 4.79 Å². The molecular formula is C31H31FN8O4. The van der Waals surface area contributed by atoms with E-state index in [2.05, 4.69) is 30.3 Å². The number of hydrogen-bond donors (Lipinski definition) is 1. The Morgan fingerprint density at radius 2 is 1.95 bits per heavy atom. The van der Waals surface area contributed by atoms with E-state index in [0.29, 0.717) is 65.9 Å². The Balaban J connectivity index is 1.15. The smallest absolute Gasteiger partial charge is 0.410 e. The lowest BCUT2D eigenvalue weighted by Gasteiger charge is -2.45. The van der Waals surface area contributed by atoms with Gasteiger partial charge in [-0.25, -0.2) is 28.7 Å². The van der Waals surface area contributed by atoms with E-state index < -0.39 is 11.4 Å². The molecule has 0 unspecified atom stereocenters. The Morgan fingerprint density at radius 3 is 2.80 bits per heavy atom. The fraction of sp³-hybridized carbons (Fsp3) is 0.323. The van der Waals surface area contributed by atoms with Crippen molar-refractivity contribution in [2.75, 3.05) is 36.5 Å². The second-order valence-corrected chi connectivity index (χ2v) is 11.9. The Hall–Kier alpha value is -5.20. The van der Waals surface area contributed by atoms with Gasteiger partial charge in [0.1, 0.15) is 48.0 Å². The maximum absolute atomic E-state index is 15.5. The Morgan fingerprint density at radius 1 is 1.09 bits per heavy atom. The lowest BCUT2D eigenvalue weighted by atomic mass is 10.1. The number of pyridine rings is 1. The van der Waals surface area contributed by atoms with Gasteiger partial charge in [0.15, 0.2) is 11.4 Å². The second kappa shape index (κ2) is 10.5. The molecular weight excluding hydrogens is 567 g/mol. The molecule has 2 aliphatic heterocycles. The third-order valence-corrected chi connectivity index (χ3v) is 7.60. The lowest BCUT2D eigenvalue weighted by molar-refractivity contribution is 0.0195. The molecule has 5 aromatic rings. The van der Waals surface area contributed by atoms with E-state index in [4.69, 9.17) is 14.2 Å². The van der Waals surface area contributed by atoms with E-state index in [0.717, 1.165) is 11.3 Å². The minimum Gasteiger partial charge on any atom is -0.488 e. The van der Waals surface area contributed by atoms with Crippen molar-refractivity contribution in [2.45, 2.75) is 39.3 Å². The molecule has 0 aliphatic carbocycles. The summed E-state index contributed by atoms with van der Waals surface area (Å²) < 4.78 is 35.0. The van der Waals surface area contributed by atoms with E-state index in [1.54, 1.807) is 33.8 Å². The molecule has 2 aliphatic rings. The van der Waals surface area contributed by atoms with Crippen LogP contribution in [-0.2, 0) is 4.74 Å². The summed E-state index contributed by atoms with van der Waals surface area (Å²) in [6.07, 6.45) is 4.29. The van der Waals surface area contributed by atoms with Crippen LogP contribution in [0.15, 0.2) is 55.2 Å². The monoisotopic (exact) mass is 598 g/mol. The number of carbonyl (C=O) groups is 1. The molecule has 3 aromatic heterocycles. The van der Waals surface area contributed by atoms with Crippen LogP contribution in [0.3, 0.4) is 0 Å². The number of aromatic nitrogens is 5. The molecule has 7 rings (SSSR count). The van der Waals surface area contributed by atoms with Gasteiger partial charge in [0.2, 0.25) is 0 Å². The number of nitrogens with zero attached hydrogens (tertiary/aromatic N) is 7. The Kier molecular flexibility index (Phi) is 6.60. The standard InChI is InChI=1S/C31H31FN8O4/c1-18-11-23(21(32)13-25(18)43-20-7-8-40-26(12-20)34-17-36-40)37-29-27-22(33-16-35-29)5-6-24-28(27)42-15-19-14-38(9-10-39(19)24)30(41)44-31(2,3)4/h5-8,11-13,16-17,19H,9-10,14-15H2,1-4H3,(H,33,35,37)/t19-/m1/s1. The van der Waals surface area contributed by atoms with Crippen molar-refractivity contribution in [1.29, 1.82) is 0 Å². The number of aryl methyl sites for hydroxylation is 1. The van der Waals surface area contributed by atoms with Crippen LogP contribution in [0.4, 0.5) is 26.4 Å². The van der Waals surface area contributed by atoms with E-state index in [1.165, 1.54) is 18.7 Å². The largest absolute Gasteiger partial charge is 0.488 e. The number of piperazine rings is 1. The maximum atomic E-state index is 15.5. The molecule has 12 nitrogen and oxygen atoms in total. The van der Waals surface area contributed by atoms with Crippen LogP contribution in [0, 0.1) is 12.7 Å². The van der Waals surface area contributed by atoms with Crippen molar-refractivity contribution >= 4 is 39.8 Å². The molecule has 1 amide bonds. The third kappa shape index (κ3) is 5.14. The molecule has 0 radical (unpaired) electrons. The van der Waals surface area contributed by atoms with Crippen molar-refractivity contribution in [3.63, 3.8) is 0 Å². The predicted octanol–water partition coefficient (Wildman–Crippen LogP) is 5.47. The van der Waals surface area contributed by atoms with E-state index in [1.807, 2.05) is 39.8 Å². The van der Waals surface area contributed by atoms with Gasteiger partial charge >= 0.3 is 6.09 Å². The van der Waals surface area contributed by atoms with Gasteiger partial charge in [-0.1, -0.05) is 0 Å². The van der Waals surface area contributed by atoms with Crippen LogP contribution in [-0.4, -0.2) is 73.4 Å². The van der Waals surface area contributed by atoms with Crippen molar-refractivity contribution in [2.24, 2.45) is 0 Å². The van der Waals surface area contributed by atoms with Crippen LogP contribution in [0.5, 0.6) is 17.2 Å². The minimum absolute atomic E-state index is 0.0413. The summed E-state index contributed by atoms with van der Waals surface area (Å²) in [6, 6.07) is 10.3. The summed E-state index contributed by atoms with van der Waals surface area (Å²) in [7, 11) is 0. The third-order valence-electron chi connectivity index (χ3n) is 7.60. The summed E-state index contributed by atoms with van der Waals surface area (Å²) in [6.45, 7) is 9.39. The van der Waals surface area contributed by atoms with Gasteiger partial charge in [-0.05, 0) is 57.5 Å². The zero-order valence-electron chi connectivity index (χ0n) is 24.7. The first kappa shape index (κ1) is 27.6. The van der Waals surface area contributed by atoms with Crippen molar-refractivity contribution in [3.05, 3.63) is 66.6 Å². The summed E-state index contributed by atoms with van der Waals surface area (Å²) in [5.74, 6) is 1.42. The fourth-order valence-electron chi connectivity index (χ4n) is 5.55. The van der Waals surface area contributed by atoms with Crippen LogP contribution in [0.1, 0.15) is 26.3 Å². The molecule has 0 bridgehead atoms. The molecule has 1 fully saturated rings. The molecule has 5 heterocycles. The average Bonchev–Trinajstić information content (AvgIpc) is 3.46. The lowest BCUT2D eigenvalue weighted by Crippen LogP contribution is -2.59. The molecule has 0 saturated carbocycles. The summed E-state index contributed by atoms with van der Waals surface area (Å²) in [5.41, 5.74) is 2.55. The minimum atomic E-state index is -0.564. The average molecular weight is 599 g/mol. The highest BCUT2D eigenvalue weighted by molar-refractivity contribution is 6.00. The fourth-order valence-corrected chi connectivity index (χ4v) is 5.55. The molecule has 1 N–H and O–H groups in total. The maximum Gasteiger partial charge on any atom is 0.410 e. The molecule has 1 saturated heterocycles. The number of anilines is 3. The number of ether oxygens (including phenoxy) is 3. The molecule has 1 atom stereocenters. The molecule has 0 spiro atoms. The molecule has 44 heavy (non-hydrogen) atoms. The summed E-state index contributed by atoms with van der Waals surface area (Å²) >= 11 is 0. The first-order valence-corrected chi connectivity index (χ1v) is 14.3. The van der Waals surface area contributed by atoms with Gasteiger partial charge in [0.25, 0.3) is 0 Å². The number of carbonyl (C=O) groups excluding carboxylic acids is 1. The van der Waals surface area contributed by atoms with Gasteiger partial charge in [0.05, 0.1) is 28.3 Å². The highest BCUT2D eigenvalue weighted by Gasteiger charge is 2.37. The van der Waals surface area contributed by atoms with Gasteiger partial charge in [-0.15, -0.1) is 0 Å². The molecule has 2 aromatic carbocycles. The van der Waals surface area contributed by atoms with Crippen LogP contribution >= 0.6 is 0 Å². The van der Waals surface area contributed by atoms with Gasteiger partial charge in [-0.2, -0.15) is 5.10 Å². The highest BCUT2D eigenvalue weighted by atomic mass is 19.1. The van der Waals surface area contributed by atoms with Crippen molar-refractivity contribution in [1.82, 2.24) is 29.5 Å². The molecule has 226 valence electrons. The predicted molar refractivity (Wildman–Crippen MR) is 161 cm³/mol. The number of amides is 1. The van der Waals surface area contributed by atoms with E-state index >= 15 is 4.39 Å². The van der Waals surface area contributed by atoms with Crippen molar-refractivity contribution in [3.8, 4) is 17.2 Å². The van der Waals surface area contributed by atoms with E-state index in [-0.39, 0.29) is 17.8 Å². The second-order valence-electron chi connectivity index (χ2n) is 11.9. The first-order chi connectivity index (χ1) is 21.1. The topological polar surface area (TPSA) is 119 Å². The van der Waals surface area contributed by atoms with Gasteiger partial charge < -0.3 is 29.3 Å². The Labute approximate surface area is 252 Å². The Bertz CT molecular complexity index is 1910. The number of halogens is 1. The number of fused-ring (bicyclic) bond motifs is 6. The normalized spacial score (nSPS) is 16.3.